The van der Waals surface area contributed by atoms with Crippen LogP contribution in [0.3, 0.4) is 0 Å². The highest BCUT2D eigenvalue weighted by atomic mass is 32.2. The molecule has 0 saturated heterocycles. The van der Waals surface area contributed by atoms with Crippen molar-refractivity contribution >= 4 is 23.5 Å². The summed E-state index contributed by atoms with van der Waals surface area (Å²) >= 11 is 1.39. The number of aromatic nitrogens is 5. The van der Waals surface area contributed by atoms with Crippen LogP contribution in [0.1, 0.15) is 6.92 Å². The summed E-state index contributed by atoms with van der Waals surface area (Å²) in [5.74, 6) is 0.956. The van der Waals surface area contributed by atoms with E-state index in [4.69, 9.17) is 5.73 Å². The topological polar surface area (TPSA) is 94.5 Å². The van der Waals surface area contributed by atoms with E-state index >= 15 is 0 Å². The SMILES string of the molecule is CCNc1cc(Sc2nncn2C)nc(N)n1. The van der Waals surface area contributed by atoms with Crippen LogP contribution in [0.15, 0.2) is 22.6 Å². The summed E-state index contributed by atoms with van der Waals surface area (Å²) < 4.78 is 1.82. The van der Waals surface area contributed by atoms with E-state index in [0.29, 0.717) is 5.82 Å². The number of nitrogen functional groups attached to an aromatic ring is 1. The summed E-state index contributed by atoms with van der Waals surface area (Å²) in [4.78, 5) is 8.22. The second kappa shape index (κ2) is 5.00. The van der Waals surface area contributed by atoms with Gasteiger partial charge in [-0.3, -0.25) is 0 Å². The van der Waals surface area contributed by atoms with Crippen molar-refractivity contribution in [3.05, 3.63) is 12.4 Å². The van der Waals surface area contributed by atoms with Gasteiger partial charge in [0, 0.05) is 19.7 Å². The zero-order valence-corrected chi connectivity index (χ0v) is 10.4. The fourth-order valence-corrected chi connectivity index (χ4v) is 2.00. The van der Waals surface area contributed by atoms with Crippen LogP contribution in [0.2, 0.25) is 0 Å². The van der Waals surface area contributed by atoms with Gasteiger partial charge < -0.3 is 15.6 Å². The molecule has 0 saturated carbocycles. The molecule has 0 fully saturated rings. The predicted molar refractivity (Wildman–Crippen MR) is 65.7 cm³/mol. The highest BCUT2D eigenvalue weighted by molar-refractivity contribution is 7.99. The van der Waals surface area contributed by atoms with Crippen LogP contribution < -0.4 is 11.1 Å². The number of aryl methyl sites for hydroxylation is 1. The maximum atomic E-state index is 5.64. The van der Waals surface area contributed by atoms with Gasteiger partial charge in [-0.2, -0.15) is 4.98 Å². The van der Waals surface area contributed by atoms with E-state index in [9.17, 15) is 0 Å². The van der Waals surface area contributed by atoms with Crippen LogP contribution in [-0.4, -0.2) is 31.3 Å². The Morgan fingerprint density at radius 1 is 1.47 bits per heavy atom. The summed E-state index contributed by atoms with van der Waals surface area (Å²) in [6, 6.07) is 1.83. The molecule has 0 spiro atoms. The molecular formula is C9H13N7S. The van der Waals surface area contributed by atoms with Gasteiger partial charge in [-0.25, -0.2) is 4.98 Å². The first kappa shape index (κ1) is 11.6. The fraction of sp³-hybridized carbons (Fsp3) is 0.333. The van der Waals surface area contributed by atoms with Crippen LogP contribution in [0.4, 0.5) is 11.8 Å². The Kier molecular flexibility index (Phi) is 3.43. The molecule has 2 heterocycles. The lowest BCUT2D eigenvalue weighted by molar-refractivity contribution is 0.787. The minimum atomic E-state index is 0.244. The average molecular weight is 251 g/mol. The molecule has 0 amide bonds. The molecular weight excluding hydrogens is 238 g/mol. The lowest BCUT2D eigenvalue weighted by Crippen LogP contribution is -2.04. The molecule has 7 nitrogen and oxygen atoms in total. The minimum Gasteiger partial charge on any atom is -0.370 e. The molecule has 2 aromatic heterocycles. The van der Waals surface area contributed by atoms with Gasteiger partial charge in [-0.05, 0) is 18.7 Å². The Hall–Kier alpha value is -1.83. The minimum absolute atomic E-state index is 0.244. The van der Waals surface area contributed by atoms with Crippen LogP contribution in [0.5, 0.6) is 0 Å². The van der Waals surface area contributed by atoms with Gasteiger partial charge in [0.05, 0.1) is 0 Å². The highest BCUT2D eigenvalue weighted by Crippen LogP contribution is 2.25. The third-order valence-electron chi connectivity index (χ3n) is 1.94. The van der Waals surface area contributed by atoms with Gasteiger partial charge in [0.15, 0.2) is 5.16 Å². The Morgan fingerprint density at radius 3 is 2.94 bits per heavy atom. The third-order valence-corrected chi connectivity index (χ3v) is 2.91. The van der Waals surface area contributed by atoms with Crippen LogP contribution in [0.25, 0.3) is 0 Å². The van der Waals surface area contributed by atoms with Crippen LogP contribution >= 0.6 is 11.8 Å². The van der Waals surface area contributed by atoms with E-state index in [-0.39, 0.29) is 5.95 Å². The largest absolute Gasteiger partial charge is 0.370 e. The molecule has 0 aliphatic carbocycles. The highest BCUT2D eigenvalue weighted by Gasteiger charge is 2.07. The summed E-state index contributed by atoms with van der Waals surface area (Å²) in [7, 11) is 1.87. The Labute approximate surface area is 103 Å². The second-order valence-electron chi connectivity index (χ2n) is 3.31. The standard InChI is InChI=1S/C9H13N7S/c1-3-11-6-4-7(14-8(10)13-6)17-9-15-12-5-16(9)2/h4-5H,3H2,1-2H3,(H3,10,11,13,14). The molecule has 0 unspecified atom stereocenters. The van der Waals surface area contributed by atoms with Gasteiger partial charge in [-0.15, -0.1) is 10.2 Å². The van der Waals surface area contributed by atoms with Gasteiger partial charge in [0.2, 0.25) is 5.95 Å². The molecule has 0 radical (unpaired) electrons. The van der Waals surface area contributed by atoms with E-state index in [1.165, 1.54) is 11.8 Å². The summed E-state index contributed by atoms with van der Waals surface area (Å²) in [6.07, 6.45) is 1.64. The van der Waals surface area contributed by atoms with Crippen molar-refractivity contribution < 1.29 is 0 Å². The number of hydrogen-bond donors (Lipinski definition) is 2. The van der Waals surface area contributed by atoms with Gasteiger partial charge >= 0.3 is 0 Å². The van der Waals surface area contributed by atoms with Crippen LogP contribution in [-0.2, 0) is 7.05 Å². The lowest BCUT2D eigenvalue weighted by atomic mass is 10.5. The van der Waals surface area contributed by atoms with E-state index in [1.807, 2.05) is 24.6 Å². The third kappa shape index (κ3) is 2.84. The Balaban J connectivity index is 2.23. The first-order valence-corrected chi connectivity index (χ1v) is 5.91. The molecule has 0 aliphatic heterocycles. The van der Waals surface area contributed by atoms with Gasteiger partial charge in [0.25, 0.3) is 0 Å². The average Bonchev–Trinajstić information content (AvgIpc) is 2.64. The fourth-order valence-electron chi connectivity index (χ4n) is 1.23. The van der Waals surface area contributed by atoms with Gasteiger partial charge in [0.1, 0.15) is 17.2 Å². The van der Waals surface area contributed by atoms with E-state index in [2.05, 4.69) is 25.5 Å². The zero-order chi connectivity index (χ0) is 12.3. The van der Waals surface area contributed by atoms with E-state index in [0.717, 1.165) is 16.7 Å². The lowest BCUT2D eigenvalue weighted by Gasteiger charge is -2.05. The summed E-state index contributed by atoms with van der Waals surface area (Å²) in [5, 5.41) is 12.4. The number of hydrogen-bond acceptors (Lipinski definition) is 7. The van der Waals surface area contributed by atoms with Crippen molar-refractivity contribution in [2.24, 2.45) is 7.05 Å². The monoisotopic (exact) mass is 251 g/mol. The van der Waals surface area contributed by atoms with E-state index in [1.54, 1.807) is 6.33 Å². The molecule has 0 aromatic carbocycles. The molecule has 17 heavy (non-hydrogen) atoms. The maximum absolute atomic E-state index is 5.64. The predicted octanol–water partition coefficient (Wildman–Crippen LogP) is 0.770. The first-order valence-electron chi connectivity index (χ1n) is 5.09. The number of rotatable bonds is 4. The number of nitrogens with zero attached hydrogens (tertiary/aromatic N) is 5. The Bertz CT molecular complexity index is 510. The molecule has 2 rings (SSSR count). The van der Waals surface area contributed by atoms with Crippen molar-refractivity contribution in [3.8, 4) is 0 Å². The molecule has 0 bridgehead atoms. The maximum Gasteiger partial charge on any atom is 0.223 e. The molecule has 2 aromatic rings. The van der Waals surface area contributed by atoms with E-state index < -0.39 is 0 Å². The van der Waals surface area contributed by atoms with Crippen molar-refractivity contribution in [2.45, 2.75) is 17.1 Å². The normalized spacial score (nSPS) is 10.5. The van der Waals surface area contributed by atoms with Gasteiger partial charge in [-0.1, -0.05) is 0 Å². The molecule has 0 atom stereocenters. The zero-order valence-electron chi connectivity index (χ0n) is 9.58. The smallest absolute Gasteiger partial charge is 0.223 e. The molecule has 90 valence electrons. The Morgan fingerprint density at radius 2 is 2.29 bits per heavy atom. The molecule has 3 N–H and O–H groups in total. The molecule has 0 aliphatic rings. The van der Waals surface area contributed by atoms with Crippen molar-refractivity contribution in [1.29, 1.82) is 0 Å². The number of nitrogens with two attached hydrogens (primary N) is 1. The quantitative estimate of drug-likeness (QED) is 0.775. The second-order valence-corrected chi connectivity index (χ2v) is 4.29. The molecule has 8 heteroatoms. The summed E-state index contributed by atoms with van der Waals surface area (Å²) in [5.41, 5.74) is 5.64. The summed E-state index contributed by atoms with van der Waals surface area (Å²) in [6.45, 7) is 2.78. The number of anilines is 2. The number of nitrogens with one attached hydrogen (secondary N) is 1. The van der Waals surface area contributed by atoms with Crippen molar-refractivity contribution in [2.75, 3.05) is 17.6 Å². The van der Waals surface area contributed by atoms with Crippen molar-refractivity contribution in [3.63, 3.8) is 0 Å². The van der Waals surface area contributed by atoms with Crippen molar-refractivity contribution in [1.82, 2.24) is 24.7 Å². The first-order chi connectivity index (χ1) is 8.19. The van der Waals surface area contributed by atoms with Crippen LogP contribution in [0, 0.1) is 0 Å².